The lowest BCUT2D eigenvalue weighted by Crippen LogP contribution is -2.34. The molecule has 1 N–H and O–H groups in total. The lowest BCUT2D eigenvalue weighted by Gasteiger charge is -2.22. The van der Waals surface area contributed by atoms with E-state index in [1.54, 1.807) is 7.11 Å². The Morgan fingerprint density at radius 1 is 1.44 bits per heavy atom. The second kappa shape index (κ2) is 7.05. The zero-order chi connectivity index (χ0) is 12.0. The van der Waals surface area contributed by atoms with Gasteiger partial charge in [0.25, 0.3) is 0 Å². The molecule has 0 spiro atoms. The predicted octanol–water partition coefficient (Wildman–Crippen LogP) is 3.52. The summed E-state index contributed by atoms with van der Waals surface area (Å²) >= 11 is 3.49. The van der Waals surface area contributed by atoms with Crippen LogP contribution < -0.4 is 5.32 Å². The van der Waals surface area contributed by atoms with Crippen LogP contribution in [0.1, 0.15) is 31.9 Å². The van der Waals surface area contributed by atoms with Gasteiger partial charge in [0.15, 0.2) is 0 Å². The Balaban J connectivity index is 2.60. The molecule has 3 heteroatoms. The van der Waals surface area contributed by atoms with Gasteiger partial charge in [-0.15, -0.1) is 0 Å². The van der Waals surface area contributed by atoms with Gasteiger partial charge in [-0.3, -0.25) is 0 Å². The number of nitrogens with one attached hydrogen (secondary N) is 1. The normalized spacial score (nSPS) is 14.8. The third-order valence-electron chi connectivity index (χ3n) is 2.70. The Bertz CT molecular complexity index is 317. The van der Waals surface area contributed by atoms with Crippen LogP contribution in [0.25, 0.3) is 0 Å². The van der Waals surface area contributed by atoms with Crippen LogP contribution in [0.5, 0.6) is 0 Å². The van der Waals surface area contributed by atoms with E-state index in [4.69, 9.17) is 4.74 Å². The molecule has 16 heavy (non-hydrogen) atoms. The van der Waals surface area contributed by atoms with Crippen molar-refractivity contribution in [2.45, 2.75) is 32.4 Å². The van der Waals surface area contributed by atoms with E-state index in [1.807, 2.05) is 6.07 Å². The number of methoxy groups -OCH3 is 1. The van der Waals surface area contributed by atoms with Gasteiger partial charge < -0.3 is 10.1 Å². The highest BCUT2D eigenvalue weighted by molar-refractivity contribution is 9.10. The standard InChI is InChI=1S/C13H20BrNO/c1-4-13(9-16-3)15-10(2)11-6-5-7-12(14)8-11/h5-8,10,13,15H,4,9H2,1-3H3/t10-,13?/m1/s1. The molecule has 0 aliphatic heterocycles. The lowest BCUT2D eigenvalue weighted by atomic mass is 10.1. The first kappa shape index (κ1) is 13.7. The number of rotatable bonds is 6. The number of hydrogen-bond donors (Lipinski definition) is 1. The molecule has 1 rings (SSSR count). The molecule has 1 unspecified atom stereocenters. The quantitative estimate of drug-likeness (QED) is 0.864. The molecule has 0 aliphatic rings. The van der Waals surface area contributed by atoms with E-state index in [0.29, 0.717) is 12.1 Å². The first-order chi connectivity index (χ1) is 7.67. The van der Waals surface area contributed by atoms with Gasteiger partial charge in [-0.05, 0) is 31.0 Å². The molecule has 0 heterocycles. The van der Waals surface area contributed by atoms with Crippen LogP contribution in [-0.4, -0.2) is 19.8 Å². The van der Waals surface area contributed by atoms with Crippen LogP contribution in [0.4, 0.5) is 0 Å². The number of ether oxygens (including phenoxy) is 1. The smallest absolute Gasteiger partial charge is 0.0615 e. The summed E-state index contributed by atoms with van der Waals surface area (Å²) in [6.45, 7) is 5.11. The van der Waals surface area contributed by atoms with E-state index in [-0.39, 0.29) is 0 Å². The zero-order valence-corrected chi connectivity index (χ0v) is 11.8. The van der Waals surface area contributed by atoms with Crippen LogP contribution >= 0.6 is 15.9 Å². The van der Waals surface area contributed by atoms with Crippen molar-refractivity contribution in [1.82, 2.24) is 5.32 Å². The molecule has 1 aromatic carbocycles. The fraction of sp³-hybridized carbons (Fsp3) is 0.538. The molecule has 0 saturated heterocycles. The van der Waals surface area contributed by atoms with Crippen molar-refractivity contribution in [3.05, 3.63) is 34.3 Å². The molecule has 0 amide bonds. The van der Waals surface area contributed by atoms with E-state index in [1.165, 1.54) is 5.56 Å². The minimum Gasteiger partial charge on any atom is -0.383 e. The molecule has 2 nitrogen and oxygen atoms in total. The Morgan fingerprint density at radius 3 is 2.75 bits per heavy atom. The maximum absolute atomic E-state index is 5.18. The van der Waals surface area contributed by atoms with Gasteiger partial charge in [-0.1, -0.05) is 35.0 Å². The second-order valence-corrected chi connectivity index (χ2v) is 4.92. The Labute approximate surface area is 107 Å². The fourth-order valence-electron chi connectivity index (χ4n) is 1.71. The number of halogens is 1. The van der Waals surface area contributed by atoms with Gasteiger partial charge >= 0.3 is 0 Å². The van der Waals surface area contributed by atoms with Crippen LogP contribution in [0.2, 0.25) is 0 Å². The maximum atomic E-state index is 5.18. The van der Waals surface area contributed by atoms with Gasteiger partial charge in [0.05, 0.1) is 6.61 Å². The highest BCUT2D eigenvalue weighted by Crippen LogP contribution is 2.18. The molecule has 2 atom stereocenters. The monoisotopic (exact) mass is 285 g/mol. The van der Waals surface area contributed by atoms with E-state index in [0.717, 1.165) is 17.5 Å². The summed E-state index contributed by atoms with van der Waals surface area (Å²) in [7, 11) is 1.74. The van der Waals surface area contributed by atoms with Crippen molar-refractivity contribution in [3.63, 3.8) is 0 Å². The molecule has 0 radical (unpaired) electrons. The molecule has 0 bridgehead atoms. The van der Waals surface area contributed by atoms with Crippen molar-refractivity contribution in [2.75, 3.05) is 13.7 Å². The van der Waals surface area contributed by atoms with E-state index < -0.39 is 0 Å². The van der Waals surface area contributed by atoms with Gasteiger partial charge in [0.1, 0.15) is 0 Å². The minimum atomic E-state index is 0.345. The molecule has 1 aromatic rings. The van der Waals surface area contributed by atoms with Crippen LogP contribution in [0, 0.1) is 0 Å². The predicted molar refractivity (Wildman–Crippen MR) is 71.6 cm³/mol. The van der Waals surface area contributed by atoms with Crippen molar-refractivity contribution < 1.29 is 4.74 Å². The van der Waals surface area contributed by atoms with E-state index in [2.05, 4.69) is 53.3 Å². The topological polar surface area (TPSA) is 21.3 Å². The first-order valence-electron chi connectivity index (χ1n) is 5.67. The average molecular weight is 286 g/mol. The summed E-state index contributed by atoms with van der Waals surface area (Å²) in [5, 5.41) is 3.57. The fourth-order valence-corrected chi connectivity index (χ4v) is 2.13. The van der Waals surface area contributed by atoms with E-state index >= 15 is 0 Å². The third kappa shape index (κ3) is 4.24. The van der Waals surface area contributed by atoms with E-state index in [9.17, 15) is 0 Å². The molecule has 0 aliphatic carbocycles. The number of benzene rings is 1. The van der Waals surface area contributed by atoms with Crippen molar-refractivity contribution in [2.24, 2.45) is 0 Å². The summed E-state index contributed by atoms with van der Waals surface area (Å²) in [5.41, 5.74) is 1.30. The number of hydrogen-bond acceptors (Lipinski definition) is 2. The Kier molecular flexibility index (Phi) is 6.03. The maximum Gasteiger partial charge on any atom is 0.0615 e. The molecule has 0 aromatic heterocycles. The minimum absolute atomic E-state index is 0.345. The van der Waals surface area contributed by atoms with Crippen LogP contribution in [-0.2, 0) is 4.74 Å². The van der Waals surface area contributed by atoms with Gasteiger partial charge in [0, 0.05) is 23.7 Å². The molecular weight excluding hydrogens is 266 g/mol. The largest absolute Gasteiger partial charge is 0.383 e. The molecule has 0 fully saturated rings. The van der Waals surface area contributed by atoms with Crippen molar-refractivity contribution >= 4 is 15.9 Å². The summed E-state index contributed by atoms with van der Waals surface area (Å²) in [4.78, 5) is 0. The van der Waals surface area contributed by atoms with Crippen LogP contribution in [0.15, 0.2) is 28.7 Å². The first-order valence-corrected chi connectivity index (χ1v) is 6.47. The Morgan fingerprint density at radius 2 is 2.19 bits per heavy atom. The summed E-state index contributed by atoms with van der Waals surface area (Å²) in [6, 6.07) is 9.16. The average Bonchev–Trinajstić information content (AvgIpc) is 2.28. The van der Waals surface area contributed by atoms with Crippen molar-refractivity contribution in [1.29, 1.82) is 0 Å². The van der Waals surface area contributed by atoms with Gasteiger partial charge in [-0.25, -0.2) is 0 Å². The highest BCUT2D eigenvalue weighted by Gasteiger charge is 2.11. The van der Waals surface area contributed by atoms with Gasteiger partial charge in [0.2, 0.25) is 0 Å². The lowest BCUT2D eigenvalue weighted by molar-refractivity contribution is 0.159. The van der Waals surface area contributed by atoms with Crippen LogP contribution in [0.3, 0.4) is 0 Å². The summed E-state index contributed by atoms with van der Waals surface area (Å²) in [6.07, 6.45) is 1.08. The highest BCUT2D eigenvalue weighted by atomic mass is 79.9. The van der Waals surface area contributed by atoms with Gasteiger partial charge in [-0.2, -0.15) is 0 Å². The molecule has 0 saturated carbocycles. The summed E-state index contributed by atoms with van der Waals surface area (Å²) < 4.78 is 6.31. The zero-order valence-electron chi connectivity index (χ0n) is 10.2. The molecule has 90 valence electrons. The second-order valence-electron chi connectivity index (χ2n) is 4.00. The summed E-state index contributed by atoms with van der Waals surface area (Å²) in [5.74, 6) is 0. The SMILES string of the molecule is CCC(COC)N[C@H](C)c1cccc(Br)c1. The molecular formula is C13H20BrNO. The van der Waals surface area contributed by atoms with Crippen molar-refractivity contribution in [3.8, 4) is 0 Å². The third-order valence-corrected chi connectivity index (χ3v) is 3.19. The Hall–Kier alpha value is -0.380.